The van der Waals surface area contributed by atoms with Gasteiger partial charge in [-0.2, -0.15) is 5.10 Å². The molecule has 0 radical (unpaired) electrons. The van der Waals surface area contributed by atoms with E-state index in [4.69, 9.17) is 11.6 Å². The van der Waals surface area contributed by atoms with E-state index in [0.717, 1.165) is 5.82 Å². The average molecular weight is 398 g/mol. The third-order valence-electron chi connectivity index (χ3n) is 4.96. The second-order valence-corrected chi connectivity index (χ2v) is 7.06. The van der Waals surface area contributed by atoms with Crippen molar-refractivity contribution in [1.29, 1.82) is 0 Å². The quantitative estimate of drug-likeness (QED) is 0.678. The number of anilines is 1. The third-order valence-corrected chi connectivity index (χ3v) is 5.19. The maximum atomic E-state index is 13.0. The van der Waals surface area contributed by atoms with Gasteiger partial charge in [-0.25, -0.2) is 4.98 Å². The van der Waals surface area contributed by atoms with Gasteiger partial charge in [-0.3, -0.25) is 14.3 Å². The van der Waals surface area contributed by atoms with E-state index in [1.165, 1.54) is 0 Å². The lowest BCUT2D eigenvalue weighted by Crippen LogP contribution is -2.50. The van der Waals surface area contributed by atoms with E-state index in [0.29, 0.717) is 48.6 Å². The number of hydrogen-bond donors (Lipinski definition) is 0. The van der Waals surface area contributed by atoms with E-state index in [1.807, 2.05) is 25.1 Å². The monoisotopic (exact) mass is 397 g/mol. The molecule has 0 aliphatic carbocycles. The number of fused-ring (bicyclic) bond motifs is 1. The number of rotatable bonds is 3. The van der Waals surface area contributed by atoms with E-state index in [2.05, 4.69) is 15.0 Å². The summed E-state index contributed by atoms with van der Waals surface area (Å²) >= 11 is 6.07. The number of aromatic nitrogens is 3. The van der Waals surface area contributed by atoms with Crippen LogP contribution >= 0.6 is 11.6 Å². The molecule has 28 heavy (non-hydrogen) atoms. The van der Waals surface area contributed by atoms with Crippen LogP contribution in [0.25, 0.3) is 10.9 Å². The lowest BCUT2D eigenvalue weighted by molar-refractivity contribution is 0.0737. The fourth-order valence-corrected chi connectivity index (χ4v) is 3.65. The number of aryl methyl sites for hydroxylation is 1. The van der Waals surface area contributed by atoms with Crippen molar-refractivity contribution in [3.05, 3.63) is 63.5 Å². The molecule has 1 fully saturated rings. The molecule has 4 rings (SSSR count). The smallest absolute Gasteiger partial charge is 0.278 e. The Bertz CT molecular complexity index is 1080. The summed E-state index contributed by atoms with van der Waals surface area (Å²) < 4.78 is 1.67. The number of piperazine rings is 1. The van der Waals surface area contributed by atoms with Gasteiger partial charge in [0.25, 0.3) is 5.91 Å². The van der Waals surface area contributed by atoms with Crippen LogP contribution in [0.4, 0.5) is 5.82 Å². The molecular formula is C20H20ClN5O2. The molecular weight excluding hydrogens is 378 g/mol. The van der Waals surface area contributed by atoms with E-state index in [1.54, 1.807) is 34.0 Å². The summed E-state index contributed by atoms with van der Waals surface area (Å²) in [4.78, 5) is 34.1. The largest absolute Gasteiger partial charge is 0.353 e. The van der Waals surface area contributed by atoms with E-state index < -0.39 is 0 Å². The molecule has 8 heteroatoms. The minimum Gasteiger partial charge on any atom is -0.353 e. The average Bonchev–Trinajstić information content (AvgIpc) is 2.74. The van der Waals surface area contributed by atoms with Gasteiger partial charge in [-0.15, -0.1) is 0 Å². The Morgan fingerprint density at radius 2 is 1.93 bits per heavy atom. The fourth-order valence-electron chi connectivity index (χ4n) is 3.47. The molecule has 0 spiro atoms. The van der Waals surface area contributed by atoms with Gasteiger partial charge in [0.1, 0.15) is 5.82 Å². The summed E-state index contributed by atoms with van der Waals surface area (Å²) in [5, 5.41) is 5.22. The van der Waals surface area contributed by atoms with Gasteiger partial charge in [0.2, 0.25) is 5.43 Å². The highest BCUT2D eigenvalue weighted by Crippen LogP contribution is 2.18. The van der Waals surface area contributed by atoms with Crippen molar-refractivity contribution < 1.29 is 4.79 Å². The van der Waals surface area contributed by atoms with Gasteiger partial charge in [0.15, 0.2) is 5.69 Å². The molecule has 1 aliphatic rings. The van der Waals surface area contributed by atoms with Crippen molar-refractivity contribution in [3.8, 4) is 0 Å². The number of benzene rings is 1. The zero-order valence-electron chi connectivity index (χ0n) is 15.5. The topological polar surface area (TPSA) is 71.3 Å². The number of nitrogens with zero attached hydrogens (tertiary/aromatic N) is 5. The standard InChI is InChI=1S/C20H20ClN5O2/c1-2-26-16-7-6-14(21)13-15(16)19(27)18(23-26)20(28)25-11-9-24(10-12-25)17-5-3-4-8-22-17/h3-8,13H,2,9-12H2,1H3. The van der Waals surface area contributed by atoms with Crippen LogP contribution < -0.4 is 10.3 Å². The minimum atomic E-state index is -0.376. The third kappa shape index (κ3) is 3.33. The van der Waals surface area contributed by atoms with Gasteiger partial charge in [0, 0.05) is 43.9 Å². The van der Waals surface area contributed by atoms with Gasteiger partial charge in [0.05, 0.1) is 10.9 Å². The van der Waals surface area contributed by atoms with E-state index in [9.17, 15) is 9.59 Å². The van der Waals surface area contributed by atoms with Crippen LogP contribution in [0.1, 0.15) is 17.4 Å². The van der Waals surface area contributed by atoms with E-state index in [-0.39, 0.29) is 17.0 Å². The first-order valence-corrected chi connectivity index (χ1v) is 9.62. The molecule has 3 heterocycles. The Morgan fingerprint density at radius 1 is 1.14 bits per heavy atom. The summed E-state index contributed by atoms with van der Waals surface area (Å²) in [7, 11) is 0. The first kappa shape index (κ1) is 18.4. The lowest BCUT2D eigenvalue weighted by Gasteiger charge is -2.35. The highest BCUT2D eigenvalue weighted by molar-refractivity contribution is 6.31. The zero-order valence-corrected chi connectivity index (χ0v) is 16.3. The molecule has 0 N–H and O–H groups in total. The van der Waals surface area contributed by atoms with Crippen molar-refractivity contribution in [3.63, 3.8) is 0 Å². The molecule has 144 valence electrons. The van der Waals surface area contributed by atoms with Gasteiger partial charge < -0.3 is 9.80 Å². The molecule has 0 bridgehead atoms. The lowest BCUT2D eigenvalue weighted by atomic mass is 10.1. The maximum absolute atomic E-state index is 13.0. The zero-order chi connectivity index (χ0) is 19.7. The van der Waals surface area contributed by atoms with Gasteiger partial charge in [-0.1, -0.05) is 17.7 Å². The van der Waals surface area contributed by atoms with Crippen LogP contribution in [-0.2, 0) is 6.54 Å². The van der Waals surface area contributed by atoms with Gasteiger partial charge >= 0.3 is 0 Å². The first-order chi connectivity index (χ1) is 13.6. The minimum absolute atomic E-state index is 0.0529. The predicted octanol–water partition coefficient (Wildman–Crippen LogP) is 2.43. The summed E-state index contributed by atoms with van der Waals surface area (Å²) in [5.41, 5.74) is 0.246. The number of carbonyl (C=O) groups excluding carboxylic acids is 1. The molecule has 1 saturated heterocycles. The van der Waals surface area contributed by atoms with Crippen LogP contribution in [0.3, 0.4) is 0 Å². The maximum Gasteiger partial charge on any atom is 0.278 e. The van der Waals surface area contributed by atoms with Crippen LogP contribution in [0.5, 0.6) is 0 Å². The molecule has 1 amide bonds. The predicted molar refractivity (Wildman–Crippen MR) is 109 cm³/mol. The van der Waals surface area contributed by atoms with Crippen molar-refractivity contribution in [2.75, 3.05) is 31.1 Å². The van der Waals surface area contributed by atoms with Crippen LogP contribution in [-0.4, -0.2) is 51.8 Å². The Balaban J connectivity index is 1.61. The van der Waals surface area contributed by atoms with Crippen molar-refractivity contribution >= 4 is 34.2 Å². The second kappa shape index (κ2) is 7.59. The summed E-state index contributed by atoms with van der Waals surface area (Å²) in [5.74, 6) is 0.552. The highest BCUT2D eigenvalue weighted by atomic mass is 35.5. The molecule has 2 aromatic heterocycles. The van der Waals surface area contributed by atoms with E-state index >= 15 is 0 Å². The molecule has 7 nitrogen and oxygen atoms in total. The Morgan fingerprint density at radius 3 is 2.61 bits per heavy atom. The Kier molecular flexibility index (Phi) is 5.00. The molecule has 0 atom stereocenters. The molecule has 3 aromatic rings. The highest BCUT2D eigenvalue weighted by Gasteiger charge is 2.26. The van der Waals surface area contributed by atoms with Crippen LogP contribution in [0.15, 0.2) is 47.4 Å². The fraction of sp³-hybridized carbons (Fsp3) is 0.300. The second-order valence-electron chi connectivity index (χ2n) is 6.62. The van der Waals surface area contributed by atoms with Gasteiger partial charge in [-0.05, 0) is 37.3 Å². The molecule has 1 aromatic carbocycles. The Hall–Kier alpha value is -2.93. The number of carbonyl (C=O) groups is 1. The Labute approximate surface area is 167 Å². The van der Waals surface area contributed by atoms with Crippen molar-refractivity contribution in [2.24, 2.45) is 0 Å². The number of hydrogen-bond acceptors (Lipinski definition) is 5. The normalized spacial score (nSPS) is 14.5. The number of pyridine rings is 1. The number of amides is 1. The summed E-state index contributed by atoms with van der Waals surface area (Å²) in [6, 6.07) is 10.8. The SMILES string of the molecule is CCn1nc(C(=O)N2CCN(c3ccccn3)CC2)c(=O)c2cc(Cl)ccc21. The number of halogens is 1. The summed E-state index contributed by atoms with van der Waals surface area (Å²) in [6.45, 7) is 4.80. The molecule has 0 saturated carbocycles. The summed E-state index contributed by atoms with van der Waals surface area (Å²) in [6.07, 6.45) is 1.75. The first-order valence-electron chi connectivity index (χ1n) is 9.24. The van der Waals surface area contributed by atoms with Crippen LogP contribution in [0.2, 0.25) is 5.02 Å². The molecule has 0 unspecified atom stereocenters. The van der Waals surface area contributed by atoms with Crippen molar-refractivity contribution in [2.45, 2.75) is 13.5 Å². The van der Waals surface area contributed by atoms with Crippen LogP contribution in [0, 0.1) is 0 Å². The van der Waals surface area contributed by atoms with Crippen molar-refractivity contribution in [1.82, 2.24) is 19.7 Å². The molecule has 1 aliphatic heterocycles.